The number of aliphatic hydroxyl groups is 2. The molecule has 1 saturated heterocycles. The van der Waals surface area contributed by atoms with Crippen molar-refractivity contribution in [2.24, 2.45) is 0 Å². The molecule has 3 atom stereocenters. The third-order valence-corrected chi connectivity index (χ3v) is 6.17. The van der Waals surface area contributed by atoms with Crippen molar-refractivity contribution >= 4 is 46.7 Å². The number of aromatic amines is 1. The van der Waals surface area contributed by atoms with Crippen molar-refractivity contribution in [2.45, 2.75) is 24.0 Å². The summed E-state index contributed by atoms with van der Waals surface area (Å²) in [5.41, 5.74) is 3.45. The number of H-pyrrole nitrogens is 1. The first-order chi connectivity index (χ1) is 13.2. The molecule has 0 amide bonds. The van der Waals surface area contributed by atoms with Gasteiger partial charge in [-0.25, -0.2) is 15.0 Å². The molecule has 0 spiro atoms. The molecule has 4 N–H and O–H groups in total. The Hall–Kier alpha value is -2.33. The second-order valence-corrected chi connectivity index (χ2v) is 7.69. The van der Waals surface area contributed by atoms with Crippen molar-refractivity contribution < 1.29 is 10.2 Å². The van der Waals surface area contributed by atoms with Gasteiger partial charge in [0.1, 0.15) is 5.82 Å². The minimum Gasteiger partial charge on any atom is -0.390 e. The summed E-state index contributed by atoms with van der Waals surface area (Å²) in [7, 11) is 0. The first kappa shape index (κ1) is 19.0. The average molecular weight is 419 g/mol. The molecule has 28 heavy (non-hydrogen) atoms. The summed E-state index contributed by atoms with van der Waals surface area (Å²) >= 11 is 1.53. The largest absolute Gasteiger partial charge is 0.390 e. The number of fused-ring (bicyclic) bond motifs is 2. The molecule has 0 saturated carbocycles. The van der Waals surface area contributed by atoms with Gasteiger partial charge >= 0.3 is 0 Å². The number of rotatable bonds is 4. The molecule has 10 heteroatoms. The second kappa shape index (κ2) is 7.59. The van der Waals surface area contributed by atoms with Crippen LogP contribution in [-0.4, -0.2) is 52.5 Å². The van der Waals surface area contributed by atoms with Crippen LogP contribution in [0.3, 0.4) is 0 Å². The fraction of sp³-hybridized carbons (Fsp3) is 0.278. The lowest BCUT2D eigenvalue weighted by Gasteiger charge is -2.15. The Morgan fingerprint density at radius 3 is 2.89 bits per heavy atom. The quantitative estimate of drug-likeness (QED) is 0.401. The van der Waals surface area contributed by atoms with Crippen LogP contribution in [0.2, 0.25) is 0 Å². The maximum Gasteiger partial charge on any atom is 0.180 e. The molecule has 0 unspecified atom stereocenters. The van der Waals surface area contributed by atoms with Crippen molar-refractivity contribution in [3.63, 3.8) is 0 Å². The van der Waals surface area contributed by atoms with E-state index in [0.29, 0.717) is 23.8 Å². The van der Waals surface area contributed by atoms with E-state index in [1.165, 1.54) is 11.8 Å². The number of aliphatic hydroxyl groups excluding tert-OH is 2. The minimum absolute atomic E-state index is 0. The Bertz CT molecular complexity index is 1080. The number of benzene rings is 1. The highest BCUT2D eigenvalue weighted by molar-refractivity contribution is 7.99. The van der Waals surface area contributed by atoms with Gasteiger partial charge in [-0.05, 0) is 12.1 Å². The molecule has 1 aromatic carbocycles. The number of nitrogens with zero attached hydrogens (tertiary/aromatic N) is 4. The van der Waals surface area contributed by atoms with E-state index in [0.717, 1.165) is 22.6 Å². The molecule has 4 aromatic rings. The number of imidazole rings is 2. The number of para-hydroxylation sites is 2. The maximum atomic E-state index is 10.2. The molecule has 8 nitrogen and oxygen atoms in total. The van der Waals surface area contributed by atoms with Crippen molar-refractivity contribution in [1.82, 2.24) is 24.3 Å². The standard InChI is InChI=1S/C18H18N6O2S.ClH/c25-13-9-27-16(15(13)26)12-7-21-18-17(19-5-6-24(12)18)20-8-14-22-10-3-1-2-4-11(10)23-14;/h1-7,13,15-16,25-26H,8-9H2,(H,19,20)(H,22,23);1H/t13-,15-,16+;/m1./s1. The molecule has 4 heterocycles. The molecule has 1 aliphatic heterocycles. The van der Waals surface area contributed by atoms with Gasteiger partial charge in [0.15, 0.2) is 11.5 Å². The number of thioether (sulfide) groups is 1. The van der Waals surface area contributed by atoms with E-state index in [1.807, 2.05) is 34.9 Å². The smallest absolute Gasteiger partial charge is 0.180 e. The number of nitrogens with one attached hydrogen (secondary N) is 2. The zero-order chi connectivity index (χ0) is 18.4. The van der Waals surface area contributed by atoms with Crippen molar-refractivity contribution in [1.29, 1.82) is 0 Å². The molecule has 0 aliphatic carbocycles. The number of aromatic nitrogens is 5. The summed E-state index contributed by atoms with van der Waals surface area (Å²) in [5.74, 6) is 1.97. The molecule has 0 radical (unpaired) electrons. The van der Waals surface area contributed by atoms with Crippen LogP contribution in [0.5, 0.6) is 0 Å². The van der Waals surface area contributed by atoms with E-state index in [1.54, 1.807) is 12.4 Å². The third kappa shape index (κ3) is 3.20. The van der Waals surface area contributed by atoms with Crippen LogP contribution < -0.4 is 5.32 Å². The fourth-order valence-corrected chi connectivity index (χ4v) is 4.72. The topological polar surface area (TPSA) is 111 Å². The second-order valence-electron chi connectivity index (χ2n) is 6.52. The molecule has 1 fully saturated rings. The van der Waals surface area contributed by atoms with Gasteiger partial charge in [-0.2, -0.15) is 0 Å². The Kier molecular flexibility index (Phi) is 5.15. The Morgan fingerprint density at radius 2 is 2.11 bits per heavy atom. The molecule has 0 bridgehead atoms. The van der Waals surface area contributed by atoms with Gasteiger partial charge in [0.05, 0.1) is 46.9 Å². The SMILES string of the molecule is Cl.O[C@@H]1[C@H](O)CS[C@H]1c1cnc2c(NCc3nc4ccccc4[nH]3)nccn12. The van der Waals surface area contributed by atoms with E-state index in [9.17, 15) is 10.2 Å². The maximum absolute atomic E-state index is 10.2. The summed E-state index contributed by atoms with van der Waals surface area (Å²) in [4.78, 5) is 16.7. The summed E-state index contributed by atoms with van der Waals surface area (Å²) in [6.45, 7) is 0.489. The Balaban J connectivity index is 0.00000192. The summed E-state index contributed by atoms with van der Waals surface area (Å²) in [6, 6.07) is 7.89. The molecule has 3 aromatic heterocycles. The number of halogens is 1. The zero-order valence-electron chi connectivity index (χ0n) is 14.7. The van der Waals surface area contributed by atoms with E-state index in [4.69, 9.17) is 0 Å². The summed E-state index contributed by atoms with van der Waals surface area (Å²) in [6.07, 6.45) is 3.75. The number of hydrogen-bond acceptors (Lipinski definition) is 7. The van der Waals surface area contributed by atoms with Crippen LogP contribution in [0.1, 0.15) is 16.8 Å². The number of hydrogen-bond donors (Lipinski definition) is 4. The van der Waals surface area contributed by atoms with Crippen molar-refractivity contribution in [3.05, 3.63) is 54.4 Å². The van der Waals surface area contributed by atoms with Gasteiger partial charge in [-0.3, -0.25) is 4.40 Å². The highest BCUT2D eigenvalue weighted by atomic mass is 35.5. The molecular weight excluding hydrogens is 400 g/mol. The monoisotopic (exact) mass is 418 g/mol. The predicted octanol–water partition coefficient (Wildman–Crippen LogP) is 2.15. The fourth-order valence-electron chi connectivity index (χ4n) is 3.39. The van der Waals surface area contributed by atoms with Crippen LogP contribution >= 0.6 is 24.2 Å². The van der Waals surface area contributed by atoms with Gasteiger partial charge < -0.3 is 20.5 Å². The molecule has 1 aliphatic rings. The van der Waals surface area contributed by atoms with Gasteiger partial charge in [-0.15, -0.1) is 24.2 Å². The van der Waals surface area contributed by atoms with Crippen LogP contribution in [0.15, 0.2) is 42.9 Å². The van der Waals surface area contributed by atoms with Gasteiger partial charge in [0, 0.05) is 18.1 Å². The minimum atomic E-state index is -0.796. The van der Waals surface area contributed by atoms with E-state index in [-0.39, 0.29) is 17.7 Å². The number of anilines is 1. The van der Waals surface area contributed by atoms with E-state index < -0.39 is 12.2 Å². The van der Waals surface area contributed by atoms with E-state index in [2.05, 4.69) is 25.3 Å². The Morgan fingerprint density at radius 1 is 1.25 bits per heavy atom. The van der Waals surface area contributed by atoms with Gasteiger partial charge in [-0.1, -0.05) is 12.1 Å². The molecular formula is C18H19ClN6O2S. The lowest BCUT2D eigenvalue weighted by Crippen LogP contribution is -2.25. The van der Waals surface area contributed by atoms with Gasteiger partial charge in [0.25, 0.3) is 0 Å². The van der Waals surface area contributed by atoms with Crippen LogP contribution in [0.25, 0.3) is 16.7 Å². The normalized spacial score (nSPS) is 21.9. The van der Waals surface area contributed by atoms with Crippen LogP contribution in [-0.2, 0) is 6.54 Å². The Labute approximate surface area is 170 Å². The summed E-state index contributed by atoms with van der Waals surface area (Å²) in [5, 5.41) is 23.1. The average Bonchev–Trinajstić information content (AvgIpc) is 3.37. The lowest BCUT2D eigenvalue weighted by molar-refractivity contribution is 0.0411. The zero-order valence-corrected chi connectivity index (χ0v) is 16.3. The van der Waals surface area contributed by atoms with Gasteiger partial charge in [0.2, 0.25) is 0 Å². The highest BCUT2D eigenvalue weighted by Gasteiger charge is 2.37. The predicted molar refractivity (Wildman–Crippen MR) is 111 cm³/mol. The first-order valence-corrected chi connectivity index (χ1v) is 9.73. The van der Waals surface area contributed by atoms with Crippen molar-refractivity contribution in [2.75, 3.05) is 11.1 Å². The third-order valence-electron chi connectivity index (χ3n) is 4.76. The summed E-state index contributed by atoms with van der Waals surface area (Å²) < 4.78 is 1.91. The van der Waals surface area contributed by atoms with Crippen LogP contribution in [0, 0.1) is 0 Å². The molecule has 146 valence electrons. The van der Waals surface area contributed by atoms with E-state index >= 15 is 0 Å². The first-order valence-electron chi connectivity index (χ1n) is 8.68. The highest BCUT2D eigenvalue weighted by Crippen LogP contribution is 2.40. The van der Waals surface area contributed by atoms with Crippen LogP contribution in [0.4, 0.5) is 5.82 Å². The van der Waals surface area contributed by atoms with Crippen molar-refractivity contribution in [3.8, 4) is 0 Å². The molecule has 5 rings (SSSR count). The lowest BCUT2D eigenvalue weighted by atomic mass is 10.1.